The molecule has 0 spiro atoms. The Balaban J connectivity index is 1.44. The molecule has 7 aromatic rings. The summed E-state index contributed by atoms with van der Waals surface area (Å²) < 4.78 is 17.6. The van der Waals surface area contributed by atoms with Crippen LogP contribution in [0.3, 0.4) is 0 Å². The van der Waals surface area contributed by atoms with Gasteiger partial charge in [0.25, 0.3) is 0 Å². The third-order valence-corrected chi connectivity index (χ3v) is 10.5. The van der Waals surface area contributed by atoms with E-state index in [1.807, 2.05) is 0 Å². The highest BCUT2D eigenvalue weighted by Gasteiger charge is 2.40. The molecule has 216 valence electrons. The van der Waals surface area contributed by atoms with Gasteiger partial charge in [0.2, 0.25) is 0 Å². The van der Waals surface area contributed by atoms with E-state index in [1.165, 1.54) is 82.4 Å². The van der Waals surface area contributed by atoms with Crippen LogP contribution in [0.5, 0.6) is 17.2 Å². The molecular formula is C42H30O3. The summed E-state index contributed by atoms with van der Waals surface area (Å²) in [5.74, 6) is 3.17. The van der Waals surface area contributed by atoms with Gasteiger partial charge in [0.1, 0.15) is 17.2 Å². The van der Waals surface area contributed by atoms with Crippen LogP contribution >= 0.6 is 0 Å². The summed E-state index contributed by atoms with van der Waals surface area (Å²) in [6.07, 6.45) is 0.998. The van der Waals surface area contributed by atoms with Crippen LogP contribution < -0.4 is 14.2 Å². The average molecular weight is 583 g/mol. The maximum absolute atomic E-state index is 6.26. The second kappa shape index (κ2) is 9.12. The van der Waals surface area contributed by atoms with Crippen molar-refractivity contribution in [3.8, 4) is 39.5 Å². The quantitative estimate of drug-likeness (QED) is 0.194. The monoisotopic (exact) mass is 582 g/mol. The summed E-state index contributed by atoms with van der Waals surface area (Å²) in [4.78, 5) is 0. The smallest absolute Gasteiger partial charge is 0.123 e. The Morgan fingerprint density at radius 1 is 0.578 bits per heavy atom. The number of hydrogen-bond donors (Lipinski definition) is 0. The lowest BCUT2D eigenvalue weighted by molar-refractivity contribution is 0.279. The molecule has 0 unspecified atom stereocenters. The first-order chi connectivity index (χ1) is 22.3. The highest BCUT2D eigenvalue weighted by Crippen LogP contribution is 2.62. The lowest BCUT2D eigenvalue weighted by Crippen LogP contribution is -2.12. The van der Waals surface area contributed by atoms with E-state index < -0.39 is 0 Å². The second-order valence-electron chi connectivity index (χ2n) is 12.5. The molecule has 0 saturated heterocycles. The van der Waals surface area contributed by atoms with Crippen molar-refractivity contribution < 1.29 is 14.2 Å². The largest absolute Gasteiger partial charge is 0.497 e. The SMILES string of the molecule is COc1ccc([C@H]2c3cc(OC)ccc3-c3c2c2ccccc2c2c4c(c5ccccc5c32)[C@@H]2CCOc3cccc-4c32)cc1. The molecule has 0 saturated carbocycles. The van der Waals surface area contributed by atoms with Crippen molar-refractivity contribution in [2.24, 2.45) is 0 Å². The van der Waals surface area contributed by atoms with E-state index in [4.69, 9.17) is 14.2 Å². The Labute approximate surface area is 261 Å². The number of methoxy groups -OCH3 is 2. The highest BCUT2D eigenvalue weighted by atomic mass is 16.5. The average Bonchev–Trinajstić information content (AvgIpc) is 3.63. The normalized spacial score (nSPS) is 17.1. The van der Waals surface area contributed by atoms with Gasteiger partial charge in [0.15, 0.2) is 0 Å². The van der Waals surface area contributed by atoms with Crippen molar-refractivity contribution in [2.75, 3.05) is 20.8 Å². The number of fused-ring (bicyclic) bond motifs is 15. The second-order valence-corrected chi connectivity index (χ2v) is 12.5. The van der Waals surface area contributed by atoms with Gasteiger partial charge in [-0.3, -0.25) is 0 Å². The molecule has 1 heterocycles. The van der Waals surface area contributed by atoms with Crippen molar-refractivity contribution in [3.63, 3.8) is 0 Å². The zero-order valence-electron chi connectivity index (χ0n) is 25.2. The summed E-state index contributed by atoms with van der Waals surface area (Å²) in [7, 11) is 3.48. The Kier molecular flexibility index (Phi) is 5.08. The van der Waals surface area contributed by atoms with E-state index in [0.29, 0.717) is 5.92 Å². The van der Waals surface area contributed by atoms with Gasteiger partial charge in [-0.2, -0.15) is 0 Å². The third-order valence-electron chi connectivity index (χ3n) is 10.5. The molecule has 0 fully saturated rings. The summed E-state index contributed by atoms with van der Waals surface area (Å²) in [6, 6.07) is 40.1. The Morgan fingerprint density at radius 3 is 1.93 bits per heavy atom. The van der Waals surface area contributed by atoms with Crippen LogP contribution in [-0.2, 0) is 0 Å². The summed E-state index contributed by atoms with van der Waals surface area (Å²) in [5.41, 5.74) is 12.1. The summed E-state index contributed by atoms with van der Waals surface area (Å²) in [5, 5.41) is 8.00. The minimum atomic E-state index is 0.0550. The molecule has 0 radical (unpaired) electrons. The molecule has 2 aliphatic carbocycles. The van der Waals surface area contributed by atoms with Gasteiger partial charge in [-0.05, 0) is 114 Å². The molecule has 0 N–H and O–H groups in total. The van der Waals surface area contributed by atoms with E-state index in [-0.39, 0.29) is 5.92 Å². The minimum absolute atomic E-state index is 0.0550. The van der Waals surface area contributed by atoms with Crippen LogP contribution in [0, 0.1) is 0 Å². The van der Waals surface area contributed by atoms with E-state index >= 15 is 0 Å². The molecule has 1 aliphatic heterocycles. The predicted molar refractivity (Wildman–Crippen MR) is 182 cm³/mol. The van der Waals surface area contributed by atoms with Crippen molar-refractivity contribution in [1.82, 2.24) is 0 Å². The molecule has 2 atom stereocenters. The fraction of sp³-hybridized carbons (Fsp3) is 0.143. The lowest BCUT2D eigenvalue weighted by Gasteiger charge is -2.24. The number of benzene rings is 7. The van der Waals surface area contributed by atoms with Gasteiger partial charge in [-0.1, -0.05) is 78.9 Å². The van der Waals surface area contributed by atoms with Gasteiger partial charge in [-0.15, -0.1) is 0 Å². The first-order valence-electron chi connectivity index (χ1n) is 15.8. The predicted octanol–water partition coefficient (Wildman–Crippen LogP) is 10.2. The van der Waals surface area contributed by atoms with Crippen molar-refractivity contribution >= 4 is 32.3 Å². The number of rotatable bonds is 3. The molecule has 3 nitrogen and oxygen atoms in total. The number of ether oxygens (including phenoxy) is 3. The lowest BCUT2D eigenvalue weighted by atomic mass is 9.80. The van der Waals surface area contributed by atoms with Crippen LogP contribution in [0.25, 0.3) is 54.6 Å². The first-order valence-corrected chi connectivity index (χ1v) is 15.8. The van der Waals surface area contributed by atoms with Gasteiger partial charge >= 0.3 is 0 Å². The Hall–Kier alpha value is -5.28. The zero-order valence-corrected chi connectivity index (χ0v) is 25.2. The van der Waals surface area contributed by atoms with Crippen LogP contribution in [-0.4, -0.2) is 20.8 Å². The molecule has 45 heavy (non-hydrogen) atoms. The molecular weight excluding hydrogens is 552 g/mol. The van der Waals surface area contributed by atoms with E-state index in [9.17, 15) is 0 Å². The molecule has 7 aromatic carbocycles. The van der Waals surface area contributed by atoms with Crippen molar-refractivity contribution in [3.05, 3.63) is 137 Å². The standard InChI is InChI=1S/C42H30O3/c1-43-24-16-14-23(15-17-24)35-33-22-25(44-2)18-19-30(33)41-38(35)28-10-5-6-11-29(28)40-39(41)27-9-4-3-8-26(27)37-32-20-21-45-34-13-7-12-31(36(32)34)42(37)40/h3-19,22,32,35H,20-21H2,1-2H3/t32-,35+/m1/s1. The van der Waals surface area contributed by atoms with E-state index in [1.54, 1.807) is 14.2 Å². The van der Waals surface area contributed by atoms with E-state index in [0.717, 1.165) is 30.3 Å². The molecule has 0 amide bonds. The van der Waals surface area contributed by atoms with Gasteiger partial charge < -0.3 is 14.2 Å². The summed E-state index contributed by atoms with van der Waals surface area (Å²) >= 11 is 0. The van der Waals surface area contributed by atoms with E-state index in [2.05, 4.69) is 109 Å². The topological polar surface area (TPSA) is 27.7 Å². The number of hydrogen-bond acceptors (Lipinski definition) is 3. The van der Waals surface area contributed by atoms with Crippen LogP contribution in [0.2, 0.25) is 0 Å². The fourth-order valence-corrected chi connectivity index (χ4v) is 8.82. The first kappa shape index (κ1) is 25.1. The zero-order chi connectivity index (χ0) is 29.8. The Morgan fingerprint density at radius 2 is 1.22 bits per heavy atom. The third kappa shape index (κ3) is 3.20. The maximum atomic E-state index is 6.26. The summed E-state index contributed by atoms with van der Waals surface area (Å²) in [6.45, 7) is 0.747. The molecule has 0 bridgehead atoms. The van der Waals surface area contributed by atoms with Crippen LogP contribution in [0.4, 0.5) is 0 Å². The van der Waals surface area contributed by atoms with Crippen molar-refractivity contribution in [2.45, 2.75) is 18.3 Å². The maximum Gasteiger partial charge on any atom is 0.123 e. The van der Waals surface area contributed by atoms with Gasteiger partial charge in [0, 0.05) is 17.4 Å². The molecule has 3 aliphatic rings. The van der Waals surface area contributed by atoms with Crippen LogP contribution in [0.15, 0.2) is 109 Å². The molecule has 10 rings (SSSR count). The van der Waals surface area contributed by atoms with Gasteiger partial charge in [-0.25, -0.2) is 0 Å². The van der Waals surface area contributed by atoms with Crippen molar-refractivity contribution in [1.29, 1.82) is 0 Å². The minimum Gasteiger partial charge on any atom is -0.497 e. The highest BCUT2D eigenvalue weighted by molar-refractivity contribution is 6.31. The molecule has 0 aromatic heterocycles. The van der Waals surface area contributed by atoms with Gasteiger partial charge in [0.05, 0.1) is 20.8 Å². The van der Waals surface area contributed by atoms with Crippen LogP contribution in [0.1, 0.15) is 46.1 Å². The fourth-order valence-electron chi connectivity index (χ4n) is 8.82. The molecule has 3 heteroatoms. The Bertz CT molecular complexity index is 2380.